The van der Waals surface area contributed by atoms with Crippen LogP contribution in [0.15, 0.2) is 48.5 Å². The second-order valence-corrected chi connectivity index (χ2v) is 5.32. The zero-order valence-corrected chi connectivity index (χ0v) is 11.4. The van der Waals surface area contributed by atoms with Crippen molar-refractivity contribution in [2.45, 2.75) is 12.8 Å². The first kappa shape index (κ1) is 12.1. The Labute approximate surface area is 121 Å². The van der Waals surface area contributed by atoms with Crippen LogP contribution in [-0.4, -0.2) is 15.9 Å². The Balaban J connectivity index is 1.58. The second kappa shape index (κ2) is 4.74. The number of carbonyl (C=O) groups excluding carboxylic acids is 1. The molecular weight excluding hydrogens is 264 g/mol. The van der Waals surface area contributed by atoms with Crippen LogP contribution in [0, 0.1) is 5.92 Å². The van der Waals surface area contributed by atoms with Crippen LogP contribution in [0.3, 0.4) is 0 Å². The van der Waals surface area contributed by atoms with Gasteiger partial charge >= 0.3 is 5.97 Å². The zero-order chi connectivity index (χ0) is 14.2. The maximum absolute atomic E-state index is 11.6. The molecule has 4 nitrogen and oxygen atoms in total. The second-order valence-electron chi connectivity index (χ2n) is 5.32. The highest BCUT2D eigenvalue weighted by molar-refractivity contribution is 5.80. The van der Waals surface area contributed by atoms with Crippen molar-refractivity contribution in [2.75, 3.05) is 0 Å². The molecule has 1 aliphatic rings. The first-order valence-corrected chi connectivity index (χ1v) is 7.06. The van der Waals surface area contributed by atoms with E-state index in [-0.39, 0.29) is 11.9 Å². The van der Waals surface area contributed by atoms with Gasteiger partial charge in [-0.05, 0) is 49.2 Å². The lowest BCUT2D eigenvalue weighted by molar-refractivity contribution is -0.135. The Morgan fingerprint density at radius 2 is 1.86 bits per heavy atom. The Morgan fingerprint density at radius 1 is 1.10 bits per heavy atom. The van der Waals surface area contributed by atoms with Crippen LogP contribution in [0.2, 0.25) is 0 Å². The van der Waals surface area contributed by atoms with Gasteiger partial charge in [0.1, 0.15) is 11.6 Å². The van der Waals surface area contributed by atoms with Crippen molar-refractivity contribution in [3.05, 3.63) is 48.5 Å². The van der Waals surface area contributed by atoms with E-state index in [1.54, 1.807) is 0 Å². The fourth-order valence-electron chi connectivity index (χ4n) is 2.29. The van der Waals surface area contributed by atoms with E-state index in [9.17, 15) is 4.79 Å². The third-order valence-electron chi connectivity index (χ3n) is 3.65. The van der Waals surface area contributed by atoms with E-state index in [4.69, 9.17) is 4.74 Å². The van der Waals surface area contributed by atoms with Gasteiger partial charge in [-0.1, -0.05) is 12.1 Å². The molecule has 21 heavy (non-hydrogen) atoms. The average molecular weight is 278 g/mol. The molecule has 0 saturated heterocycles. The van der Waals surface area contributed by atoms with E-state index < -0.39 is 0 Å². The highest BCUT2D eigenvalue weighted by Crippen LogP contribution is 2.31. The summed E-state index contributed by atoms with van der Waals surface area (Å²) in [7, 11) is 0. The molecule has 0 spiro atoms. The SMILES string of the molecule is O=C(Oc1ccc(-c2nc3ccccc3[nH]2)cc1)C1CC1. The summed E-state index contributed by atoms with van der Waals surface area (Å²) < 4.78 is 5.32. The van der Waals surface area contributed by atoms with Crippen molar-refractivity contribution in [3.8, 4) is 17.1 Å². The van der Waals surface area contributed by atoms with E-state index >= 15 is 0 Å². The van der Waals surface area contributed by atoms with E-state index in [2.05, 4.69) is 9.97 Å². The summed E-state index contributed by atoms with van der Waals surface area (Å²) in [5, 5.41) is 0. The Kier molecular flexibility index (Phi) is 2.74. The molecule has 4 heteroatoms. The van der Waals surface area contributed by atoms with Gasteiger partial charge in [0.2, 0.25) is 0 Å². The van der Waals surface area contributed by atoms with Crippen LogP contribution in [0.25, 0.3) is 22.4 Å². The van der Waals surface area contributed by atoms with E-state index in [1.165, 1.54) is 0 Å². The fraction of sp³-hybridized carbons (Fsp3) is 0.176. The topological polar surface area (TPSA) is 55.0 Å². The Hall–Kier alpha value is -2.62. The number of nitrogens with zero attached hydrogens (tertiary/aromatic N) is 1. The highest BCUT2D eigenvalue weighted by atomic mass is 16.5. The fourth-order valence-corrected chi connectivity index (χ4v) is 2.29. The summed E-state index contributed by atoms with van der Waals surface area (Å²) in [6.45, 7) is 0. The van der Waals surface area contributed by atoms with Crippen LogP contribution >= 0.6 is 0 Å². The van der Waals surface area contributed by atoms with E-state index in [1.807, 2.05) is 48.5 Å². The van der Waals surface area contributed by atoms with Gasteiger partial charge in [0.05, 0.1) is 17.0 Å². The zero-order valence-electron chi connectivity index (χ0n) is 11.4. The average Bonchev–Trinajstić information content (AvgIpc) is 3.27. The molecule has 1 aromatic heterocycles. The van der Waals surface area contributed by atoms with Crippen molar-refractivity contribution in [1.29, 1.82) is 0 Å². The standard InChI is InChI=1S/C17H14N2O2/c20-17(12-5-6-12)21-13-9-7-11(8-10-13)16-18-14-3-1-2-4-15(14)19-16/h1-4,7-10,12H,5-6H2,(H,18,19). The molecule has 0 unspecified atom stereocenters. The van der Waals surface area contributed by atoms with E-state index in [0.717, 1.165) is 35.3 Å². The van der Waals surface area contributed by atoms with Crippen LogP contribution in [0.1, 0.15) is 12.8 Å². The number of carbonyl (C=O) groups is 1. The van der Waals surface area contributed by atoms with Crippen molar-refractivity contribution in [1.82, 2.24) is 9.97 Å². The monoisotopic (exact) mass is 278 g/mol. The first-order valence-electron chi connectivity index (χ1n) is 7.06. The lowest BCUT2D eigenvalue weighted by Gasteiger charge is -2.03. The smallest absolute Gasteiger partial charge is 0.314 e. The van der Waals surface area contributed by atoms with Gasteiger partial charge in [0.15, 0.2) is 0 Å². The van der Waals surface area contributed by atoms with Crippen LogP contribution < -0.4 is 4.74 Å². The minimum Gasteiger partial charge on any atom is -0.426 e. The molecule has 2 aromatic carbocycles. The van der Waals surface area contributed by atoms with Gasteiger partial charge in [-0.3, -0.25) is 4.79 Å². The number of aromatic nitrogens is 2. The third kappa shape index (κ3) is 2.40. The number of H-pyrrole nitrogens is 1. The third-order valence-corrected chi connectivity index (χ3v) is 3.65. The van der Waals surface area contributed by atoms with Crippen molar-refractivity contribution in [3.63, 3.8) is 0 Å². The predicted octanol–water partition coefficient (Wildman–Crippen LogP) is 3.55. The van der Waals surface area contributed by atoms with Crippen molar-refractivity contribution in [2.24, 2.45) is 5.92 Å². The summed E-state index contributed by atoms with van der Waals surface area (Å²) in [6.07, 6.45) is 1.91. The maximum Gasteiger partial charge on any atom is 0.314 e. The molecule has 1 aliphatic carbocycles. The molecule has 4 rings (SSSR count). The number of nitrogens with one attached hydrogen (secondary N) is 1. The molecule has 1 saturated carbocycles. The summed E-state index contributed by atoms with van der Waals surface area (Å²) in [6, 6.07) is 15.4. The van der Waals surface area contributed by atoms with Crippen molar-refractivity contribution < 1.29 is 9.53 Å². The number of benzene rings is 2. The number of esters is 1. The van der Waals surface area contributed by atoms with Gasteiger partial charge in [0, 0.05) is 5.56 Å². The van der Waals surface area contributed by atoms with Gasteiger partial charge in [-0.25, -0.2) is 4.98 Å². The van der Waals surface area contributed by atoms with Gasteiger partial charge < -0.3 is 9.72 Å². The molecular formula is C17H14N2O2. The van der Waals surface area contributed by atoms with E-state index in [0.29, 0.717) is 5.75 Å². The number of ether oxygens (including phenoxy) is 1. The minimum absolute atomic E-state index is 0.111. The molecule has 3 aromatic rings. The number of imidazole rings is 1. The first-order chi connectivity index (χ1) is 10.3. The minimum atomic E-state index is -0.119. The largest absolute Gasteiger partial charge is 0.426 e. The molecule has 1 fully saturated rings. The molecule has 0 amide bonds. The highest BCUT2D eigenvalue weighted by Gasteiger charge is 2.31. The molecule has 0 radical (unpaired) electrons. The predicted molar refractivity (Wildman–Crippen MR) is 79.9 cm³/mol. The van der Waals surface area contributed by atoms with Gasteiger partial charge in [0.25, 0.3) is 0 Å². The molecule has 104 valence electrons. The van der Waals surface area contributed by atoms with Gasteiger partial charge in [-0.2, -0.15) is 0 Å². The van der Waals surface area contributed by atoms with Crippen LogP contribution in [0.5, 0.6) is 5.75 Å². The lowest BCUT2D eigenvalue weighted by Crippen LogP contribution is -2.09. The molecule has 0 bridgehead atoms. The Bertz CT molecular complexity index is 768. The normalized spacial score (nSPS) is 14.3. The quantitative estimate of drug-likeness (QED) is 0.589. The molecule has 0 atom stereocenters. The number of hydrogen-bond acceptors (Lipinski definition) is 3. The molecule has 1 heterocycles. The van der Waals surface area contributed by atoms with Crippen LogP contribution in [-0.2, 0) is 4.79 Å². The summed E-state index contributed by atoms with van der Waals surface area (Å²) in [5.41, 5.74) is 2.92. The molecule has 0 aliphatic heterocycles. The maximum atomic E-state index is 11.6. The summed E-state index contributed by atoms with van der Waals surface area (Å²) in [5.74, 6) is 1.40. The van der Waals surface area contributed by atoms with Crippen LogP contribution in [0.4, 0.5) is 0 Å². The van der Waals surface area contributed by atoms with Crippen molar-refractivity contribution >= 4 is 17.0 Å². The lowest BCUT2D eigenvalue weighted by atomic mass is 10.2. The number of hydrogen-bond donors (Lipinski definition) is 1. The van der Waals surface area contributed by atoms with Gasteiger partial charge in [-0.15, -0.1) is 0 Å². The number of para-hydroxylation sites is 2. The summed E-state index contributed by atoms with van der Waals surface area (Å²) >= 11 is 0. The number of rotatable bonds is 3. The Morgan fingerprint density at radius 3 is 2.57 bits per heavy atom. The number of aromatic amines is 1. The summed E-state index contributed by atoms with van der Waals surface area (Å²) in [4.78, 5) is 19.4. The molecule has 1 N–H and O–H groups in total. The number of fused-ring (bicyclic) bond motifs is 1.